The molecule has 0 amide bonds. The molecule has 0 saturated heterocycles. The summed E-state index contributed by atoms with van der Waals surface area (Å²) in [5.74, 6) is 0. The standard InChI is InChI=1S/C13H23N2/c1-2-3-4-5-6-7-8-9-10-13-11-14-12-15-13/h11H,2-10H2,1H3,(H,14,15). The van der Waals surface area contributed by atoms with Gasteiger partial charge in [0, 0.05) is 6.20 Å². The average Bonchev–Trinajstić information content (AvgIpc) is 2.75. The molecule has 0 aliphatic rings. The Hall–Kier alpha value is -0.790. The summed E-state index contributed by atoms with van der Waals surface area (Å²) in [6, 6.07) is 0. The second-order valence-electron chi connectivity index (χ2n) is 4.23. The molecule has 0 spiro atoms. The first-order chi connectivity index (χ1) is 7.43. The second kappa shape index (κ2) is 8.51. The fourth-order valence-corrected chi connectivity index (χ4v) is 1.82. The Kier molecular flexibility index (Phi) is 6.97. The van der Waals surface area contributed by atoms with Crippen LogP contribution in [0.2, 0.25) is 0 Å². The molecular weight excluding hydrogens is 184 g/mol. The Bertz CT molecular complexity index is 216. The van der Waals surface area contributed by atoms with Crippen LogP contribution in [0.5, 0.6) is 0 Å². The summed E-state index contributed by atoms with van der Waals surface area (Å²) in [4.78, 5) is 6.96. The highest BCUT2D eigenvalue weighted by atomic mass is 14.9. The number of unbranched alkanes of at least 4 members (excludes halogenated alkanes) is 7. The lowest BCUT2D eigenvalue weighted by atomic mass is 10.1. The van der Waals surface area contributed by atoms with Crippen LogP contribution in [0.4, 0.5) is 0 Å². The lowest BCUT2D eigenvalue weighted by Gasteiger charge is -2.00. The molecule has 2 nitrogen and oxygen atoms in total. The van der Waals surface area contributed by atoms with Crippen LogP contribution in [0.25, 0.3) is 0 Å². The third-order valence-electron chi connectivity index (χ3n) is 2.79. The monoisotopic (exact) mass is 207 g/mol. The number of hydrogen-bond donors (Lipinski definition) is 1. The van der Waals surface area contributed by atoms with Gasteiger partial charge in [0.05, 0.1) is 5.69 Å². The van der Waals surface area contributed by atoms with Crippen molar-refractivity contribution >= 4 is 0 Å². The number of aromatic amines is 1. The van der Waals surface area contributed by atoms with E-state index in [9.17, 15) is 0 Å². The van der Waals surface area contributed by atoms with Crippen LogP contribution in [-0.4, -0.2) is 9.97 Å². The van der Waals surface area contributed by atoms with Gasteiger partial charge >= 0.3 is 0 Å². The summed E-state index contributed by atoms with van der Waals surface area (Å²) in [6.45, 7) is 2.26. The maximum absolute atomic E-state index is 4.09. The number of nitrogens with zero attached hydrogens (tertiary/aromatic N) is 1. The number of imidazole rings is 1. The van der Waals surface area contributed by atoms with Gasteiger partial charge in [-0.3, -0.25) is 0 Å². The zero-order valence-corrected chi connectivity index (χ0v) is 9.89. The van der Waals surface area contributed by atoms with E-state index in [1.807, 2.05) is 6.20 Å². The van der Waals surface area contributed by atoms with Gasteiger partial charge in [0.1, 0.15) is 0 Å². The van der Waals surface area contributed by atoms with Crippen molar-refractivity contribution in [2.45, 2.75) is 64.7 Å². The van der Waals surface area contributed by atoms with E-state index in [0.29, 0.717) is 0 Å². The smallest absolute Gasteiger partial charge is 0.173 e. The Morgan fingerprint density at radius 2 is 1.73 bits per heavy atom. The van der Waals surface area contributed by atoms with Crippen LogP contribution >= 0.6 is 0 Å². The number of rotatable bonds is 9. The van der Waals surface area contributed by atoms with Crippen molar-refractivity contribution in [3.05, 3.63) is 18.2 Å². The zero-order chi connectivity index (χ0) is 10.8. The molecule has 1 heterocycles. The molecule has 1 rings (SSSR count). The molecule has 1 aromatic rings. The van der Waals surface area contributed by atoms with Crippen molar-refractivity contribution < 1.29 is 0 Å². The number of H-pyrrole nitrogens is 1. The maximum atomic E-state index is 4.09. The van der Waals surface area contributed by atoms with Crippen LogP contribution < -0.4 is 0 Å². The van der Waals surface area contributed by atoms with Gasteiger partial charge in [-0.05, 0) is 12.8 Å². The van der Waals surface area contributed by atoms with Gasteiger partial charge in [-0.1, -0.05) is 51.9 Å². The summed E-state index contributed by atoms with van der Waals surface area (Å²) in [6.07, 6.45) is 16.8. The summed E-state index contributed by atoms with van der Waals surface area (Å²) < 4.78 is 0. The number of aromatic nitrogens is 2. The zero-order valence-electron chi connectivity index (χ0n) is 9.89. The molecular formula is C13H23N2. The van der Waals surface area contributed by atoms with E-state index in [2.05, 4.69) is 23.2 Å². The molecule has 2 heteroatoms. The molecule has 0 fully saturated rings. The van der Waals surface area contributed by atoms with Crippen molar-refractivity contribution in [2.75, 3.05) is 0 Å². The molecule has 0 unspecified atom stereocenters. The van der Waals surface area contributed by atoms with Gasteiger partial charge in [0.15, 0.2) is 6.33 Å². The predicted molar refractivity (Wildman–Crippen MR) is 63.7 cm³/mol. The lowest BCUT2D eigenvalue weighted by molar-refractivity contribution is 0.574. The van der Waals surface area contributed by atoms with Crippen LogP contribution in [0.1, 0.15) is 64.0 Å². The van der Waals surface area contributed by atoms with E-state index in [1.54, 1.807) is 0 Å². The van der Waals surface area contributed by atoms with Crippen molar-refractivity contribution in [1.29, 1.82) is 0 Å². The number of hydrogen-bond acceptors (Lipinski definition) is 1. The quantitative estimate of drug-likeness (QED) is 0.611. The molecule has 0 aromatic carbocycles. The van der Waals surface area contributed by atoms with E-state index in [1.165, 1.54) is 51.4 Å². The first-order valence-corrected chi connectivity index (χ1v) is 6.34. The number of aryl methyl sites for hydroxylation is 1. The van der Waals surface area contributed by atoms with Crippen LogP contribution in [0.3, 0.4) is 0 Å². The Labute approximate surface area is 93.5 Å². The van der Waals surface area contributed by atoms with Crippen LogP contribution in [-0.2, 0) is 6.42 Å². The molecule has 15 heavy (non-hydrogen) atoms. The van der Waals surface area contributed by atoms with Gasteiger partial charge in [-0.15, -0.1) is 0 Å². The molecule has 0 aliphatic heterocycles. The fraction of sp³-hybridized carbons (Fsp3) is 0.769. The van der Waals surface area contributed by atoms with E-state index >= 15 is 0 Å². The lowest BCUT2D eigenvalue weighted by Crippen LogP contribution is -1.86. The third-order valence-corrected chi connectivity index (χ3v) is 2.79. The van der Waals surface area contributed by atoms with Gasteiger partial charge in [0.2, 0.25) is 0 Å². The normalized spacial score (nSPS) is 10.7. The minimum absolute atomic E-state index is 1.11. The molecule has 0 bridgehead atoms. The van der Waals surface area contributed by atoms with E-state index < -0.39 is 0 Å². The Morgan fingerprint density at radius 3 is 2.33 bits per heavy atom. The van der Waals surface area contributed by atoms with E-state index in [-0.39, 0.29) is 0 Å². The largest absolute Gasteiger partial charge is 0.342 e. The molecule has 0 aliphatic carbocycles. The molecule has 85 valence electrons. The second-order valence-corrected chi connectivity index (χ2v) is 4.23. The summed E-state index contributed by atoms with van der Waals surface area (Å²) >= 11 is 0. The molecule has 0 atom stereocenters. The van der Waals surface area contributed by atoms with Gasteiger partial charge in [-0.2, -0.15) is 0 Å². The van der Waals surface area contributed by atoms with Crippen LogP contribution in [0.15, 0.2) is 6.20 Å². The third kappa shape index (κ3) is 6.32. The maximum Gasteiger partial charge on any atom is 0.173 e. The molecule has 1 N–H and O–H groups in total. The Balaban J connectivity index is 1.81. The van der Waals surface area contributed by atoms with Gasteiger partial charge in [-0.25, -0.2) is 4.98 Å². The summed E-state index contributed by atoms with van der Waals surface area (Å²) in [5, 5.41) is 0. The molecule has 1 radical (unpaired) electrons. The minimum Gasteiger partial charge on any atom is -0.342 e. The SMILES string of the molecule is CCCCCCCCCCc1c[nH][c]n1. The van der Waals surface area contributed by atoms with Gasteiger partial charge in [0.25, 0.3) is 0 Å². The van der Waals surface area contributed by atoms with Gasteiger partial charge < -0.3 is 4.98 Å². The first-order valence-electron chi connectivity index (χ1n) is 6.34. The van der Waals surface area contributed by atoms with Crippen LogP contribution in [0, 0.1) is 6.33 Å². The van der Waals surface area contributed by atoms with Crippen molar-refractivity contribution in [1.82, 2.24) is 9.97 Å². The summed E-state index contributed by atoms with van der Waals surface area (Å²) in [5.41, 5.74) is 1.15. The Morgan fingerprint density at radius 1 is 1.07 bits per heavy atom. The first kappa shape index (κ1) is 12.3. The van der Waals surface area contributed by atoms with E-state index in [0.717, 1.165) is 12.1 Å². The van der Waals surface area contributed by atoms with E-state index in [4.69, 9.17) is 0 Å². The highest BCUT2D eigenvalue weighted by Crippen LogP contribution is 2.09. The summed E-state index contributed by atoms with van der Waals surface area (Å²) in [7, 11) is 0. The highest BCUT2D eigenvalue weighted by molar-refractivity contribution is 4.92. The molecule has 0 saturated carbocycles. The van der Waals surface area contributed by atoms with Crippen molar-refractivity contribution in [3.8, 4) is 0 Å². The number of nitrogens with one attached hydrogen (secondary N) is 1. The highest BCUT2D eigenvalue weighted by Gasteiger charge is 1.95. The molecule has 1 aromatic heterocycles. The predicted octanol–water partition coefficient (Wildman–Crippen LogP) is 3.89. The topological polar surface area (TPSA) is 28.7 Å². The van der Waals surface area contributed by atoms with Crippen molar-refractivity contribution in [2.24, 2.45) is 0 Å². The van der Waals surface area contributed by atoms with Crippen molar-refractivity contribution in [3.63, 3.8) is 0 Å². The minimum atomic E-state index is 1.11. The fourth-order valence-electron chi connectivity index (χ4n) is 1.82. The average molecular weight is 207 g/mol.